The van der Waals surface area contributed by atoms with Crippen LogP contribution in [0, 0.1) is 0 Å². The lowest BCUT2D eigenvalue weighted by molar-refractivity contribution is -0.117. The molecule has 4 nitrogen and oxygen atoms in total. The van der Waals surface area contributed by atoms with Gasteiger partial charge in [0, 0.05) is 6.08 Å². The van der Waals surface area contributed by atoms with E-state index in [-0.39, 0.29) is 11.9 Å². The van der Waals surface area contributed by atoms with E-state index >= 15 is 0 Å². The van der Waals surface area contributed by atoms with E-state index in [0.29, 0.717) is 6.61 Å². The smallest absolute Gasteiger partial charge is 0.244 e. The number of rotatable bonds is 7. The second-order valence-corrected chi connectivity index (χ2v) is 5.14. The Kier molecular flexibility index (Phi) is 6.24. The van der Waals surface area contributed by atoms with Gasteiger partial charge < -0.3 is 14.8 Å². The number of benzene rings is 2. The molecule has 0 unspecified atom stereocenters. The first-order valence-corrected chi connectivity index (χ1v) is 7.48. The van der Waals surface area contributed by atoms with Crippen LogP contribution in [-0.4, -0.2) is 25.7 Å². The zero-order chi connectivity index (χ0) is 16.5. The highest BCUT2D eigenvalue weighted by atomic mass is 16.5. The molecule has 0 heterocycles. The Morgan fingerprint density at radius 1 is 1.09 bits per heavy atom. The third-order valence-electron chi connectivity index (χ3n) is 3.17. The molecule has 0 radical (unpaired) electrons. The van der Waals surface area contributed by atoms with Gasteiger partial charge in [0.05, 0.1) is 13.2 Å². The second kappa shape index (κ2) is 8.63. The first kappa shape index (κ1) is 16.6. The zero-order valence-electron chi connectivity index (χ0n) is 13.4. The third-order valence-corrected chi connectivity index (χ3v) is 3.17. The fourth-order valence-electron chi connectivity index (χ4n) is 1.96. The normalized spacial score (nSPS) is 11.9. The number of ether oxygens (including phenoxy) is 2. The largest absolute Gasteiger partial charge is 0.497 e. The summed E-state index contributed by atoms with van der Waals surface area (Å²) < 4.78 is 10.7. The van der Waals surface area contributed by atoms with Gasteiger partial charge in [-0.25, -0.2) is 0 Å². The Bertz CT molecular complexity index is 635. The molecular formula is C19H21NO3. The quantitative estimate of drug-likeness (QED) is 0.798. The van der Waals surface area contributed by atoms with Crippen molar-refractivity contribution in [3.8, 4) is 11.5 Å². The van der Waals surface area contributed by atoms with Gasteiger partial charge in [-0.2, -0.15) is 0 Å². The minimum Gasteiger partial charge on any atom is -0.497 e. The van der Waals surface area contributed by atoms with Gasteiger partial charge in [-0.3, -0.25) is 4.79 Å². The highest BCUT2D eigenvalue weighted by Crippen LogP contribution is 2.17. The fourth-order valence-corrected chi connectivity index (χ4v) is 1.96. The van der Waals surface area contributed by atoms with E-state index in [4.69, 9.17) is 9.47 Å². The lowest BCUT2D eigenvalue weighted by Gasteiger charge is -2.14. The molecular weight excluding hydrogens is 290 g/mol. The average Bonchev–Trinajstić information content (AvgIpc) is 2.59. The molecule has 1 amide bonds. The van der Waals surface area contributed by atoms with Crippen LogP contribution < -0.4 is 14.8 Å². The van der Waals surface area contributed by atoms with E-state index in [1.807, 2.05) is 61.5 Å². The van der Waals surface area contributed by atoms with Crippen LogP contribution in [0.15, 0.2) is 60.7 Å². The summed E-state index contributed by atoms with van der Waals surface area (Å²) in [5.74, 6) is 1.39. The topological polar surface area (TPSA) is 47.6 Å². The van der Waals surface area contributed by atoms with E-state index in [1.54, 1.807) is 13.2 Å². The van der Waals surface area contributed by atoms with E-state index in [9.17, 15) is 4.79 Å². The van der Waals surface area contributed by atoms with E-state index in [1.165, 1.54) is 6.08 Å². The molecule has 1 N–H and O–H groups in total. The van der Waals surface area contributed by atoms with Crippen LogP contribution in [0.3, 0.4) is 0 Å². The van der Waals surface area contributed by atoms with Gasteiger partial charge in [-0.1, -0.05) is 30.3 Å². The Balaban J connectivity index is 1.76. The van der Waals surface area contributed by atoms with Crippen molar-refractivity contribution in [2.24, 2.45) is 0 Å². The molecule has 120 valence electrons. The molecule has 1 atom stereocenters. The summed E-state index contributed by atoms with van der Waals surface area (Å²) in [5.41, 5.74) is 0.991. The fraction of sp³-hybridized carbons (Fsp3) is 0.211. The maximum atomic E-state index is 11.9. The molecule has 0 fully saturated rings. The third kappa shape index (κ3) is 5.87. The van der Waals surface area contributed by atoms with Gasteiger partial charge in [0.25, 0.3) is 0 Å². The molecule has 0 bridgehead atoms. The summed E-state index contributed by atoms with van der Waals surface area (Å²) in [7, 11) is 1.62. The van der Waals surface area contributed by atoms with Crippen molar-refractivity contribution >= 4 is 12.0 Å². The average molecular weight is 311 g/mol. The van der Waals surface area contributed by atoms with Crippen molar-refractivity contribution in [3.05, 3.63) is 66.2 Å². The van der Waals surface area contributed by atoms with Crippen LogP contribution in [0.2, 0.25) is 0 Å². The molecule has 0 aliphatic heterocycles. The summed E-state index contributed by atoms with van der Waals surface area (Å²) in [6.07, 6.45) is 3.31. The van der Waals surface area contributed by atoms with Crippen LogP contribution in [-0.2, 0) is 4.79 Å². The van der Waals surface area contributed by atoms with Gasteiger partial charge in [-0.15, -0.1) is 0 Å². The van der Waals surface area contributed by atoms with E-state index in [0.717, 1.165) is 17.1 Å². The van der Waals surface area contributed by atoms with Crippen LogP contribution in [0.5, 0.6) is 11.5 Å². The first-order chi connectivity index (χ1) is 11.2. The number of hydrogen-bond acceptors (Lipinski definition) is 3. The van der Waals surface area contributed by atoms with Gasteiger partial charge in [0.15, 0.2) is 0 Å². The van der Waals surface area contributed by atoms with Crippen molar-refractivity contribution in [1.29, 1.82) is 0 Å². The molecule has 4 heteroatoms. The maximum absolute atomic E-state index is 11.9. The molecule has 0 aliphatic carbocycles. The zero-order valence-corrected chi connectivity index (χ0v) is 13.4. The van der Waals surface area contributed by atoms with Gasteiger partial charge in [0.1, 0.15) is 18.1 Å². The standard InChI is InChI=1S/C19H21NO3/c1-15(14-23-18-11-9-17(22-2)10-12-18)20-19(21)13-8-16-6-4-3-5-7-16/h3-13,15H,14H2,1-2H3,(H,20,21)/b13-8+/t15-/m1/s1. The molecule has 2 aromatic rings. The van der Waals surface area contributed by atoms with Gasteiger partial charge in [0.2, 0.25) is 5.91 Å². The molecule has 0 aromatic heterocycles. The summed E-state index contributed by atoms with van der Waals surface area (Å²) in [6.45, 7) is 2.30. The number of carbonyl (C=O) groups is 1. The number of amides is 1. The highest BCUT2D eigenvalue weighted by molar-refractivity contribution is 5.91. The van der Waals surface area contributed by atoms with E-state index in [2.05, 4.69) is 5.32 Å². The summed E-state index contributed by atoms with van der Waals surface area (Å²) in [4.78, 5) is 11.9. The second-order valence-electron chi connectivity index (χ2n) is 5.14. The number of nitrogens with one attached hydrogen (secondary N) is 1. The molecule has 2 aromatic carbocycles. The Hall–Kier alpha value is -2.75. The van der Waals surface area contributed by atoms with Crippen molar-refractivity contribution in [2.45, 2.75) is 13.0 Å². The predicted octanol–water partition coefficient (Wildman–Crippen LogP) is 3.29. The van der Waals surface area contributed by atoms with Gasteiger partial charge >= 0.3 is 0 Å². The molecule has 0 saturated carbocycles. The lowest BCUT2D eigenvalue weighted by atomic mass is 10.2. The minimum atomic E-state index is -0.139. The predicted molar refractivity (Wildman–Crippen MR) is 91.6 cm³/mol. The molecule has 0 spiro atoms. The first-order valence-electron chi connectivity index (χ1n) is 7.48. The van der Waals surface area contributed by atoms with Gasteiger partial charge in [-0.05, 0) is 42.8 Å². The highest BCUT2D eigenvalue weighted by Gasteiger charge is 2.05. The van der Waals surface area contributed by atoms with Crippen LogP contribution >= 0.6 is 0 Å². The molecule has 0 saturated heterocycles. The number of carbonyl (C=O) groups excluding carboxylic acids is 1. The Morgan fingerprint density at radius 3 is 2.39 bits per heavy atom. The van der Waals surface area contributed by atoms with Crippen molar-refractivity contribution in [2.75, 3.05) is 13.7 Å². The lowest BCUT2D eigenvalue weighted by Crippen LogP contribution is -2.35. The van der Waals surface area contributed by atoms with Crippen LogP contribution in [0.4, 0.5) is 0 Å². The summed E-state index contributed by atoms with van der Waals surface area (Å²) in [6, 6.07) is 16.9. The minimum absolute atomic E-state index is 0.0926. The number of hydrogen-bond donors (Lipinski definition) is 1. The summed E-state index contributed by atoms with van der Waals surface area (Å²) >= 11 is 0. The van der Waals surface area contributed by atoms with Crippen LogP contribution in [0.25, 0.3) is 6.08 Å². The molecule has 0 aliphatic rings. The SMILES string of the molecule is COc1ccc(OC[C@@H](C)NC(=O)/C=C/c2ccccc2)cc1. The Morgan fingerprint density at radius 2 is 1.74 bits per heavy atom. The maximum Gasteiger partial charge on any atom is 0.244 e. The Labute approximate surface area is 136 Å². The number of methoxy groups -OCH3 is 1. The molecule has 23 heavy (non-hydrogen) atoms. The monoisotopic (exact) mass is 311 g/mol. The molecule has 2 rings (SSSR count). The summed E-state index contributed by atoms with van der Waals surface area (Å²) in [5, 5.41) is 2.87. The van der Waals surface area contributed by atoms with Crippen molar-refractivity contribution in [3.63, 3.8) is 0 Å². The van der Waals surface area contributed by atoms with Crippen molar-refractivity contribution in [1.82, 2.24) is 5.32 Å². The van der Waals surface area contributed by atoms with E-state index < -0.39 is 0 Å². The van der Waals surface area contributed by atoms with Crippen molar-refractivity contribution < 1.29 is 14.3 Å². The van der Waals surface area contributed by atoms with Crippen LogP contribution in [0.1, 0.15) is 12.5 Å².